The van der Waals surface area contributed by atoms with E-state index >= 15 is 0 Å². The lowest BCUT2D eigenvalue weighted by Gasteiger charge is -2.08. The maximum absolute atomic E-state index is 6.26. The second kappa shape index (κ2) is 9.85. The quantitative estimate of drug-likeness (QED) is 0.259. The Morgan fingerprint density at radius 2 is 1.71 bits per heavy atom. The average molecular weight is 507 g/mol. The van der Waals surface area contributed by atoms with Crippen LogP contribution in [0.1, 0.15) is 11.1 Å². The molecule has 0 unspecified atom stereocenters. The Bertz CT molecular complexity index is 1470. The number of nitrogens with one attached hydrogen (secondary N) is 2. The molecule has 2 heterocycles. The van der Waals surface area contributed by atoms with E-state index in [-0.39, 0.29) is 0 Å². The van der Waals surface area contributed by atoms with Crippen LogP contribution in [-0.2, 0) is 13.1 Å². The van der Waals surface area contributed by atoms with Crippen LogP contribution in [-0.4, -0.2) is 24.7 Å². The predicted octanol–water partition coefficient (Wildman–Crippen LogP) is 6.45. The van der Waals surface area contributed by atoms with Crippen LogP contribution in [0, 0.1) is 0 Å². The third-order valence-electron chi connectivity index (χ3n) is 5.33. The summed E-state index contributed by atoms with van der Waals surface area (Å²) < 4.78 is 3.67. The van der Waals surface area contributed by atoms with Crippen molar-refractivity contribution in [1.82, 2.24) is 19.6 Å². The molecule has 5 rings (SSSR count). The number of hydrogen-bond acceptors (Lipinski definition) is 3. The monoisotopic (exact) mass is 506 g/mol. The molecule has 0 saturated heterocycles. The first-order valence-electron chi connectivity index (χ1n) is 10.6. The van der Waals surface area contributed by atoms with Crippen molar-refractivity contribution in [3.05, 3.63) is 106 Å². The largest absolute Gasteiger partial charge is 0.330 e. The fourth-order valence-electron chi connectivity index (χ4n) is 3.74. The minimum absolute atomic E-state index is 0.430. The van der Waals surface area contributed by atoms with Gasteiger partial charge in [-0.1, -0.05) is 71.7 Å². The first kappa shape index (κ1) is 22.4. The lowest BCUT2D eigenvalue weighted by molar-refractivity contribution is 0.687. The first-order valence-corrected chi connectivity index (χ1v) is 11.7. The smallest absolute Gasteiger partial charge is 0.176 e. The lowest BCUT2D eigenvalue weighted by Crippen LogP contribution is -2.19. The van der Waals surface area contributed by atoms with Crippen molar-refractivity contribution in [1.29, 1.82) is 0 Å². The van der Waals surface area contributed by atoms with Crippen LogP contribution in [0.3, 0.4) is 0 Å². The summed E-state index contributed by atoms with van der Waals surface area (Å²) in [6, 6.07) is 22.0. The Morgan fingerprint density at radius 1 is 0.882 bits per heavy atom. The topological polar surface area (TPSA) is 59.7 Å². The molecule has 0 aliphatic heterocycles. The van der Waals surface area contributed by atoms with Gasteiger partial charge in [-0.15, -0.1) is 0 Å². The van der Waals surface area contributed by atoms with Gasteiger partial charge in [0.25, 0.3) is 0 Å². The highest BCUT2D eigenvalue weighted by Crippen LogP contribution is 2.22. The van der Waals surface area contributed by atoms with Crippen LogP contribution in [0.2, 0.25) is 10.0 Å². The molecule has 0 aliphatic rings. The van der Waals surface area contributed by atoms with Crippen molar-refractivity contribution in [3.63, 3.8) is 0 Å². The summed E-state index contributed by atoms with van der Waals surface area (Å²) in [6.07, 6.45) is 5.50. The molecule has 0 spiro atoms. The van der Waals surface area contributed by atoms with Gasteiger partial charge in [0, 0.05) is 28.5 Å². The van der Waals surface area contributed by atoms with Gasteiger partial charge in [-0.2, -0.15) is 10.2 Å². The molecule has 34 heavy (non-hydrogen) atoms. The van der Waals surface area contributed by atoms with Crippen molar-refractivity contribution in [2.24, 2.45) is 0 Å². The minimum atomic E-state index is 0.430. The number of halogens is 2. The fraction of sp³-hybridized carbons (Fsp3) is 0.0800. The van der Waals surface area contributed by atoms with Crippen molar-refractivity contribution >= 4 is 62.8 Å². The van der Waals surface area contributed by atoms with E-state index in [2.05, 4.69) is 57.2 Å². The third kappa shape index (κ3) is 5.22. The number of thiocarbonyl (C=S) groups is 1. The molecule has 0 bridgehead atoms. The summed E-state index contributed by atoms with van der Waals surface area (Å²) in [5.74, 6) is 0.665. The van der Waals surface area contributed by atoms with E-state index in [0.717, 1.165) is 11.3 Å². The Balaban J connectivity index is 1.20. The summed E-state index contributed by atoms with van der Waals surface area (Å²) in [5.41, 5.74) is 2.90. The Hall–Kier alpha value is -3.39. The van der Waals surface area contributed by atoms with Crippen molar-refractivity contribution < 1.29 is 0 Å². The zero-order valence-corrected chi connectivity index (χ0v) is 20.3. The van der Waals surface area contributed by atoms with E-state index in [4.69, 9.17) is 35.4 Å². The predicted molar refractivity (Wildman–Crippen MR) is 143 cm³/mol. The first-order chi connectivity index (χ1) is 16.5. The standard InChI is InChI=1S/C25H20Cl2N6S/c26-20-9-8-19(23(27)12-20)15-33-16-21(13-28-33)29-25(34)30-24-10-11-32(31-24)14-18-6-3-5-17-4-1-2-7-22(17)18/h1-13,16H,14-15H2,(H2,29,30,31,34). The normalized spacial score (nSPS) is 11.0. The van der Waals surface area contributed by atoms with E-state index in [1.54, 1.807) is 16.9 Å². The molecule has 0 radical (unpaired) electrons. The van der Waals surface area contributed by atoms with Crippen molar-refractivity contribution in [3.8, 4) is 0 Å². The highest BCUT2D eigenvalue weighted by molar-refractivity contribution is 7.80. The molecule has 9 heteroatoms. The fourth-order valence-corrected chi connectivity index (χ4v) is 4.43. The van der Waals surface area contributed by atoms with E-state index in [1.165, 1.54) is 16.3 Å². The van der Waals surface area contributed by atoms with E-state index in [0.29, 0.717) is 34.1 Å². The molecule has 0 saturated carbocycles. The molecule has 6 nitrogen and oxygen atoms in total. The van der Waals surface area contributed by atoms with Gasteiger partial charge in [0.1, 0.15) is 0 Å². The van der Waals surface area contributed by atoms with Crippen LogP contribution in [0.15, 0.2) is 85.3 Å². The molecular weight excluding hydrogens is 487 g/mol. The van der Waals surface area contributed by atoms with Gasteiger partial charge in [0.05, 0.1) is 25.0 Å². The van der Waals surface area contributed by atoms with Crippen molar-refractivity contribution in [2.45, 2.75) is 13.1 Å². The Labute approximate surface area is 212 Å². The van der Waals surface area contributed by atoms with Crippen LogP contribution in [0.5, 0.6) is 0 Å². The molecule has 2 N–H and O–H groups in total. The van der Waals surface area contributed by atoms with Crippen LogP contribution in [0.4, 0.5) is 11.5 Å². The Kier molecular flexibility index (Phi) is 6.49. The van der Waals surface area contributed by atoms with E-state index in [9.17, 15) is 0 Å². The van der Waals surface area contributed by atoms with Crippen LogP contribution in [0.25, 0.3) is 10.8 Å². The average Bonchev–Trinajstić information content (AvgIpc) is 3.45. The van der Waals surface area contributed by atoms with Gasteiger partial charge in [0.2, 0.25) is 0 Å². The number of aromatic nitrogens is 4. The molecule has 170 valence electrons. The van der Waals surface area contributed by atoms with Gasteiger partial charge in [-0.25, -0.2) is 0 Å². The molecule has 2 aromatic heterocycles. The molecule has 0 amide bonds. The summed E-state index contributed by atoms with van der Waals surface area (Å²) in [5, 5.41) is 19.3. The lowest BCUT2D eigenvalue weighted by atomic mass is 10.0. The second-order valence-corrected chi connectivity index (χ2v) is 9.03. The number of fused-ring (bicyclic) bond motifs is 1. The third-order valence-corrected chi connectivity index (χ3v) is 6.12. The highest BCUT2D eigenvalue weighted by Gasteiger charge is 2.08. The molecular formula is C25H20Cl2N6S. The number of rotatable bonds is 6. The number of nitrogens with zero attached hydrogens (tertiary/aromatic N) is 4. The van der Waals surface area contributed by atoms with Gasteiger partial charge in [-0.05, 0) is 46.2 Å². The molecule has 5 aromatic rings. The second-order valence-electron chi connectivity index (χ2n) is 7.78. The van der Waals surface area contributed by atoms with Gasteiger partial charge in [-0.3, -0.25) is 9.36 Å². The maximum Gasteiger partial charge on any atom is 0.176 e. The van der Waals surface area contributed by atoms with E-state index in [1.807, 2.05) is 41.3 Å². The SMILES string of the molecule is S=C(Nc1cnn(Cc2ccc(Cl)cc2Cl)c1)Nc1ccn(Cc2cccc3ccccc23)n1. The van der Waals surface area contributed by atoms with Gasteiger partial charge >= 0.3 is 0 Å². The van der Waals surface area contributed by atoms with Gasteiger partial charge in [0.15, 0.2) is 10.9 Å². The summed E-state index contributed by atoms with van der Waals surface area (Å²) in [4.78, 5) is 0. The summed E-state index contributed by atoms with van der Waals surface area (Å²) in [6.45, 7) is 1.19. The minimum Gasteiger partial charge on any atom is -0.330 e. The van der Waals surface area contributed by atoms with Gasteiger partial charge < -0.3 is 10.6 Å². The zero-order valence-electron chi connectivity index (χ0n) is 18.0. The number of hydrogen-bond donors (Lipinski definition) is 2. The Morgan fingerprint density at radius 3 is 2.59 bits per heavy atom. The zero-order chi connectivity index (χ0) is 23.5. The van der Waals surface area contributed by atoms with Crippen LogP contribution >= 0.6 is 35.4 Å². The summed E-state index contributed by atoms with van der Waals surface area (Å²) in [7, 11) is 0. The van der Waals surface area contributed by atoms with E-state index < -0.39 is 0 Å². The molecule has 0 fully saturated rings. The molecule has 0 aliphatic carbocycles. The number of anilines is 2. The van der Waals surface area contributed by atoms with Crippen molar-refractivity contribution in [2.75, 3.05) is 10.6 Å². The molecule has 3 aromatic carbocycles. The number of benzene rings is 3. The maximum atomic E-state index is 6.26. The van der Waals surface area contributed by atoms with Crippen LogP contribution < -0.4 is 10.6 Å². The molecule has 0 atom stereocenters. The highest BCUT2D eigenvalue weighted by atomic mass is 35.5. The summed E-state index contributed by atoms with van der Waals surface area (Å²) >= 11 is 17.7.